The van der Waals surface area contributed by atoms with Gasteiger partial charge in [-0.3, -0.25) is 19.9 Å². The molecule has 0 aliphatic heterocycles. The molecule has 2 aromatic heterocycles. The van der Waals surface area contributed by atoms with E-state index in [9.17, 15) is 14.9 Å². The lowest BCUT2D eigenvalue weighted by molar-refractivity contribution is -0.385. The van der Waals surface area contributed by atoms with E-state index in [1.165, 1.54) is 6.20 Å². The summed E-state index contributed by atoms with van der Waals surface area (Å²) < 4.78 is 0. The number of hydrogen-bond donors (Lipinski definition) is 2. The van der Waals surface area contributed by atoms with Gasteiger partial charge in [-0.25, -0.2) is 4.98 Å². The normalized spacial score (nSPS) is 10.1. The van der Waals surface area contributed by atoms with Gasteiger partial charge in [-0.05, 0) is 18.6 Å². The summed E-state index contributed by atoms with van der Waals surface area (Å²) in [7, 11) is 0. The highest BCUT2D eigenvalue weighted by atomic mass is 16.6. The van der Waals surface area contributed by atoms with Gasteiger partial charge in [0, 0.05) is 12.3 Å². The Balaban J connectivity index is 2.32. The monoisotopic (exact) mass is 273 g/mol. The number of pyridine rings is 2. The van der Waals surface area contributed by atoms with Gasteiger partial charge in [0.25, 0.3) is 11.6 Å². The first kappa shape index (κ1) is 13.4. The van der Waals surface area contributed by atoms with E-state index in [-0.39, 0.29) is 17.1 Å². The van der Waals surface area contributed by atoms with Crippen molar-refractivity contribution in [3.8, 4) is 0 Å². The smallest absolute Gasteiger partial charge is 0.288 e. The number of nitrogen functional groups attached to an aromatic ring is 1. The Labute approximate surface area is 113 Å². The van der Waals surface area contributed by atoms with Crippen LogP contribution in [-0.2, 0) is 0 Å². The van der Waals surface area contributed by atoms with Gasteiger partial charge in [-0.15, -0.1) is 0 Å². The average molecular weight is 273 g/mol. The third-order valence-electron chi connectivity index (χ3n) is 2.65. The molecule has 0 aliphatic rings. The molecule has 2 aromatic rings. The van der Waals surface area contributed by atoms with Crippen molar-refractivity contribution in [3.63, 3.8) is 0 Å². The van der Waals surface area contributed by atoms with Crippen molar-refractivity contribution in [2.75, 3.05) is 11.1 Å². The van der Waals surface area contributed by atoms with E-state index >= 15 is 0 Å². The van der Waals surface area contributed by atoms with E-state index in [4.69, 9.17) is 5.73 Å². The maximum atomic E-state index is 12.1. The molecule has 0 fully saturated rings. The van der Waals surface area contributed by atoms with E-state index in [1.807, 2.05) is 0 Å². The molecule has 0 unspecified atom stereocenters. The van der Waals surface area contributed by atoms with Crippen molar-refractivity contribution in [2.45, 2.75) is 6.92 Å². The predicted octanol–water partition coefficient (Wildman–Crippen LogP) is 1.53. The van der Waals surface area contributed by atoms with Gasteiger partial charge in [-0.1, -0.05) is 0 Å². The summed E-state index contributed by atoms with van der Waals surface area (Å²) in [5.74, 6) is -0.649. The number of nitrogens with zero attached hydrogens (tertiary/aromatic N) is 3. The molecule has 0 radical (unpaired) electrons. The van der Waals surface area contributed by atoms with Crippen molar-refractivity contribution in [1.82, 2.24) is 9.97 Å². The Bertz CT molecular complexity index is 687. The highest BCUT2D eigenvalue weighted by molar-refractivity contribution is 6.07. The molecule has 2 rings (SSSR count). The number of carbonyl (C=O) groups is 1. The first-order valence-electron chi connectivity index (χ1n) is 5.61. The number of rotatable bonds is 3. The highest BCUT2D eigenvalue weighted by Crippen LogP contribution is 2.19. The van der Waals surface area contributed by atoms with Crippen LogP contribution in [0.3, 0.4) is 0 Å². The van der Waals surface area contributed by atoms with Crippen LogP contribution in [-0.4, -0.2) is 20.8 Å². The molecule has 1 amide bonds. The Morgan fingerprint density at radius 3 is 2.85 bits per heavy atom. The fourth-order valence-electron chi connectivity index (χ4n) is 1.53. The van der Waals surface area contributed by atoms with E-state index < -0.39 is 10.8 Å². The summed E-state index contributed by atoms with van der Waals surface area (Å²) in [5, 5.41) is 13.3. The molecule has 0 saturated heterocycles. The lowest BCUT2D eigenvalue weighted by Gasteiger charge is -2.08. The molecule has 0 aliphatic carbocycles. The first-order valence-corrected chi connectivity index (χ1v) is 5.61. The van der Waals surface area contributed by atoms with Crippen LogP contribution < -0.4 is 11.1 Å². The number of aryl methyl sites for hydroxylation is 1. The molecule has 2 heterocycles. The van der Waals surface area contributed by atoms with E-state index in [2.05, 4.69) is 15.3 Å². The minimum absolute atomic E-state index is 0.0533. The van der Waals surface area contributed by atoms with Crippen molar-refractivity contribution >= 4 is 23.1 Å². The van der Waals surface area contributed by atoms with Crippen LogP contribution in [0.25, 0.3) is 0 Å². The van der Waals surface area contributed by atoms with Crippen molar-refractivity contribution in [3.05, 3.63) is 52.0 Å². The minimum Gasteiger partial charge on any atom is -0.383 e. The van der Waals surface area contributed by atoms with Crippen LogP contribution in [0.1, 0.15) is 15.9 Å². The third-order valence-corrected chi connectivity index (χ3v) is 2.65. The fraction of sp³-hybridized carbons (Fsp3) is 0.0833. The van der Waals surface area contributed by atoms with Crippen LogP contribution in [0.15, 0.2) is 30.7 Å². The van der Waals surface area contributed by atoms with Crippen molar-refractivity contribution in [2.24, 2.45) is 0 Å². The molecular weight excluding hydrogens is 262 g/mol. The van der Waals surface area contributed by atoms with Gasteiger partial charge in [0.15, 0.2) is 0 Å². The van der Waals surface area contributed by atoms with Crippen molar-refractivity contribution < 1.29 is 9.72 Å². The number of nitrogens with two attached hydrogens (primary N) is 1. The summed E-state index contributed by atoms with van der Waals surface area (Å²) in [5.41, 5.74) is 6.53. The Morgan fingerprint density at radius 2 is 2.20 bits per heavy atom. The summed E-state index contributed by atoms with van der Waals surface area (Å²) in [6.07, 6.45) is 4.07. The molecule has 0 spiro atoms. The van der Waals surface area contributed by atoms with Gasteiger partial charge in [0.2, 0.25) is 0 Å². The van der Waals surface area contributed by atoms with Crippen LogP contribution in [0.4, 0.5) is 17.2 Å². The number of carbonyl (C=O) groups excluding carboxylic acids is 1. The molecule has 8 heteroatoms. The number of amides is 1. The summed E-state index contributed by atoms with van der Waals surface area (Å²) in [4.78, 5) is 29.7. The zero-order chi connectivity index (χ0) is 14.7. The van der Waals surface area contributed by atoms with Crippen LogP contribution in [0.5, 0.6) is 0 Å². The molecule has 3 N–H and O–H groups in total. The molecule has 8 nitrogen and oxygen atoms in total. The zero-order valence-electron chi connectivity index (χ0n) is 10.5. The first-order chi connectivity index (χ1) is 9.49. The van der Waals surface area contributed by atoms with Crippen molar-refractivity contribution in [1.29, 1.82) is 0 Å². The minimum atomic E-state index is -0.640. The predicted molar refractivity (Wildman–Crippen MR) is 72.2 cm³/mol. The Morgan fingerprint density at radius 1 is 1.45 bits per heavy atom. The van der Waals surface area contributed by atoms with Gasteiger partial charge >= 0.3 is 0 Å². The number of nitro groups is 1. The second kappa shape index (κ2) is 5.31. The third kappa shape index (κ3) is 2.69. The van der Waals surface area contributed by atoms with Gasteiger partial charge in [-0.2, -0.15) is 0 Å². The lowest BCUT2D eigenvalue weighted by atomic mass is 10.2. The molecule has 0 bridgehead atoms. The lowest BCUT2D eigenvalue weighted by Crippen LogP contribution is -2.16. The topological polar surface area (TPSA) is 124 Å². The maximum Gasteiger partial charge on any atom is 0.288 e. The fourth-order valence-corrected chi connectivity index (χ4v) is 1.53. The second-order valence-corrected chi connectivity index (χ2v) is 4.03. The van der Waals surface area contributed by atoms with Crippen LogP contribution in [0, 0.1) is 17.0 Å². The maximum absolute atomic E-state index is 12.1. The molecule has 0 aromatic carbocycles. The van der Waals surface area contributed by atoms with E-state index in [0.29, 0.717) is 5.69 Å². The second-order valence-electron chi connectivity index (χ2n) is 4.03. The molecule has 0 atom stereocenters. The standard InChI is InChI=1S/C12H11N5O3/c1-7-2-3-14-6-10(7)16-12(18)9-4-8(17(19)20)5-15-11(9)13/h2-6H,1H3,(H2,13,15)(H,16,18). The summed E-state index contributed by atoms with van der Waals surface area (Å²) in [6, 6.07) is 2.81. The number of hydrogen-bond acceptors (Lipinski definition) is 6. The van der Waals surface area contributed by atoms with Gasteiger partial charge in [0.05, 0.1) is 22.4 Å². The van der Waals surface area contributed by atoms with E-state index in [1.54, 1.807) is 19.2 Å². The molecule has 20 heavy (non-hydrogen) atoms. The largest absolute Gasteiger partial charge is 0.383 e. The van der Waals surface area contributed by atoms with Crippen LogP contribution in [0.2, 0.25) is 0 Å². The molecule has 102 valence electrons. The molecular formula is C12H11N5O3. The zero-order valence-corrected chi connectivity index (χ0v) is 10.5. The van der Waals surface area contributed by atoms with E-state index in [0.717, 1.165) is 17.8 Å². The summed E-state index contributed by atoms with van der Waals surface area (Å²) in [6.45, 7) is 1.80. The average Bonchev–Trinajstić information content (AvgIpc) is 2.41. The molecule has 0 saturated carbocycles. The SMILES string of the molecule is Cc1ccncc1NC(=O)c1cc([N+](=O)[O-])cnc1N. The quantitative estimate of drug-likeness (QED) is 0.645. The Hall–Kier alpha value is -3.03. The summed E-state index contributed by atoms with van der Waals surface area (Å²) >= 11 is 0. The number of aromatic nitrogens is 2. The highest BCUT2D eigenvalue weighted by Gasteiger charge is 2.17. The van der Waals surface area contributed by atoms with Gasteiger partial charge < -0.3 is 11.1 Å². The Kier molecular flexibility index (Phi) is 3.56. The van der Waals surface area contributed by atoms with Crippen LogP contribution >= 0.6 is 0 Å². The van der Waals surface area contributed by atoms with Gasteiger partial charge in [0.1, 0.15) is 12.0 Å². The number of nitrogens with one attached hydrogen (secondary N) is 1. The number of anilines is 2.